The van der Waals surface area contributed by atoms with E-state index in [0.717, 1.165) is 5.69 Å². The van der Waals surface area contributed by atoms with E-state index < -0.39 is 6.08 Å². The van der Waals surface area contributed by atoms with E-state index in [4.69, 9.17) is 0 Å². The van der Waals surface area contributed by atoms with E-state index in [0.29, 0.717) is 22.4 Å². The summed E-state index contributed by atoms with van der Waals surface area (Å²) >= 11 is 0. The number of nitrogens with one attached hydrogen (secondary N) is 1. The van der Waals surface area contributed by atoms with Crippen molar-refractivity contribution in [2.75, 3.05) is 16.8 Å². The molecule has 5 nitrogen and oxygen atoms in total. The first kappa shape index (κ1) is 12.7. The van der Waals surface area contributed by atoms with Crippen LogP contribution in [-0.4, -0.2) is 22.4 Å². The number of aromatic nitrogens is 2. The molecule has 0 bridgehead atoms. The lowest BCUT2D eigenvalue weighted by Crippen LogP contribution is -2.35. The van der Waals surface area contributed by atoms with E-state index in [1.54, 1.807) is 23.1 Å². The van der Waals surface area contributed by atoms with E-state index in [9.17, 15) is 9.18 Å². The molecule has 2 heterocycles. The van der Waals surface area contributed by atoms with Gasteiger partial charge in [0.15, 0.2) is 0 Å². The lowest BCUT2D eigenvalue weighted by molar-refractivity contribution is -0.115. The number of rotatable bonds is 1. The lowest BCUT2D eigenvalue weighted by atomic mass is 10.1. The number of carbonyl (C=O) groups is 1. The van der Waals surface area contributed by atoms with Crippen molar-refractivity contribution in [2.24, 2.45) is 0 Å². The molecule has 108 valence electrons. The highest BCUT2D eigenvalue weighted by atomic mass is 18.2. The Labute approximate surface area is 125 Å². The quantitative estimate of drug-likeness (QED) is 0.701. The van der Waals surface area contributed by atoms with Gasteiger partial charge in [-0.05, 0) is 24.3 Å². The summed E-state index contributed by atoms with van der Waals surface area (Å²) in [5, 5.41) is 3.51. The summed E-state index contributed by atoms with van der Waals surface area (Å²) in [5.41, 5.74) is 1.97. The Morgan fingerprint density at radius 2 is 1.82 bits per heavy atom. The van der Waals surface area contributed by atoms with Crippen LogP contribution in [0.3, 0.4) is 0 Å². The maximum Gasteiger partial charge on any atom is 0.311 e. The van der Waals surface area contributed by atoms with Crippen LogP contribution in [0.25, 0.3) is 10.9 Å². The second-order valence-corrected chi connectivity index (χ2v) is 4.98. The number of halogens is 1. The molecule has 1 aliphatic rings. The first-order valence-electron chi connectivity index (χ1n) is 6.81. The zero-order valence-electron chi connectivity index (χ0n) is 11.5. The third kappa shape index (κ3) is 1.96. The van der Waals surface area contributed by atoms with E-state index >= 15 is 0 Å². The largest absolute Gasteiger partial charge is 0.323 e. The van der Waals surface area contributed by atoms with Crippen molar-refractivity contribution in [2.45, 2.75) is 0 Å². The lowest BCUT2D eigenvalue weighted by Gasteiger charge is -2.30. The van der Waals surface area contributed by atoms with Crippen LogP contribution in [0.1, 0.15) is 0 Å². The highest BCUT2D eigenvalue weighted by Gasteiger charge is 2.25. The Kier molecular flexibility index (Phi) is 2.75. The van der Waals surface area contributed by atoms with Crippen LogP contribution < -0.4 is 10.2 Å². The van der Waals surface area contributed by atoms with Gasteiger partial charge in [-0.2, -0.15) is 9.37 Å². The first-order valence-corrected chi connectivity index (χ1v) is 6.81. The number of nitrogens with zero attached hydrogens (tertiary/aromatic N) is 3. The molecule has 0 fully saturated rings. The van der Waals surface area contributed by atoms with Crippen molar-refractivity contribution in [3.05, 3.63) is 54.6 Å². The molecule has 0 aliphatic carbocycles. The number of hydrogen-bond acceptors (Lipinski definition) is 4. The van der Waals surface area contributed by atoms with E-state index in [2.05, 4.69) is 15.3 Å². The molecule has 0 spiro atoms. The van der Waals surface area contributed by atoms with Crippen molar-refractivity contribution < 1.29 is 9.18 Å². The molecule has 0 radical (unpaired) electrons. The molecule has 6 heteroatoms. The molecule has 1 amide bonds. The van der Waals surface area contributed by atoms with Gasteiger partial charge < -0.3 is 10.2 Å². The minimum Gasteiger partial charge on any atom is -0.323 e. The molecule has 1 aliphatic heterocycles. The summed E-state index contributed by atoms with van der Waals surface area (Å²) in [7, 11) is 0. The predicted molar refractivity (Wildman–Crippen MR) is 81.6 cm³/mol. The fourth-order valence-electron chi connectivity index (χ4n) is 2.66. The number of amides is 1. The Morgan fingerprint density at radius 3 is 2.73 bits per heavy atom. The van der Waals surface area contributed by atoms with Crippen molar-refractivity contribution in [1.82, 2.24) is 9.97 Å². The van der Waals surface area contributed by atoms with Gasteiger partial charge >= 0.3 is 6.08 Å². The van der Waals surface area contributed by atoms with Crippen LogP contribution in [0.4, 0.5) is 21.6 Å². The number of carbonyl (C=O) groups excluding carboxylic acids is 1. The fraction of sp³-hybridized carbons (Fsp3) is 0.0625. The average Bonchev–Trinajstić information content (AvgIpc) is 2.53. The smallest absolute Gasteiger partial charge is 0.311 e. The highest BCUT2D eigenvalue weighted by molar-refractivity contribution is 6.05. The van der Waals surface area contributed by atoms with Gasteiger partial charge in [-0.25, -0.2) is 4.98 Å². The van der Waals surface area contributed by atoms with E-state index in [1.165, 1.54) is 0 Å². The van der Waals surface area contributed by atoms with Crippen molar-refractivity contribution in [1.29, 1.82) is 0 Å². The molecule has 22 heavy (non-hydrogen) atoms. The number of anilines is 3. The van der Waals surface area contributed by atoms with Crippen molar-refractivity contribution in [3.63, 3.8) is 0 Å². The second kappa shape index (κ2) is 4.77. The van der Waals surface area contributed by atoms with Gasteiger partial charge in [-0.15, -0.1) is 0 Å². The summed E-state index contributed by atoms with van der Waals surface area (Å²) < 4.78 is 13.8. The van der Waals surface area contributed by atoms with Crippen LogP contribution in [0.2, 0.25) is 0 Å². The van der Waals surface area contributed by atoms with Gasteiger partial charge in [0.2, 0.25) is 5.91 Å². The summed E-state index contributed by atoms with van der Waals surface area (Å²) in [6.07, 6.45) is -0.808. The standard InChI is InChI=1S/C16H11FN4O/c17-16-19-11-6-2-1-5-10(11)15(20-16)21-9-14(22)18-12-7-3-4-8-13(12)21/h1-8H,9H2,(H,18,22)/i17-1. The zero-order valence-corrected chi connectivity index (χ0v) is 11.5. The zero-order chi connectivity index (χ0) is 15.1. The summed E-state index contributed by atoms with van der Waals surface area (Å²) in [4.78, 5) is 21.4. The molecule has 1 aromatic heterocycles. The summed E-state index contributed by atoms with van der Waals surface area (Å²) in [6, 6.07) is 14.5. The Bertz CT molecular complexity index is 896. The molecule has 0 saturated carbocycles. The Balaban J connectivity index is 1.98. The highest BCUT2D eigenvalue weighted by Crippen LogP contribution is 2.36. The van der Waals surface area contributed by atoms with Crippen LogP contribution >= 0.6 is 0 Å². The third-order valence-electron chi connectivity index (χ3n) is 3.58. The van der Waals surface area contributed by atoms with E-state index in [1.807, 2.05) is 30.3 Å². The molecular weight excluding hydrogens is 282 g/mol. The minimum absolute atomic E-state index is 0.0808. The summed E-state index contributed by atoms with van der Waals surface area (Å²) in [6.45, 7) is 0.0808. The van der Waals surface area contributed by atoms with Gasteiger partial charge in [0.1, 0.15) is 12.4 Å². The Morgan fingerprint density at radius 1 is 1.05 bits per heavy atom. The molecule has 0 atom stereocenters. The normalized spacial score (nSPS) is 13.9. The first-order chi connectivity index (χ1) is 10.7. The number of hydrogen-bond donors (Lipinski definition) is 1. The van der Waals surface area contributed by atoms with E-state index in [-0.39, 0.29) is 12.5 Å². The van der Waals surface area contributed by atoms with Crippen LogP contribution in [0.15, 0.2) is 48.5 Å². The van der Waals surface area contributed by atoms with Crippen LogP contribution in [-0.2, 0) is 4.79 Å². The second-order valence-electron chi connectivity index (χ2n) is 4.98. The van der Waals surface area contributed by atoms with Crippen LogP contribution in [0.5, 0.6) is 0 Å². The van der Waals surface area contributed by atoms with Crippen molar-refractivity contribution >= 4 is 34.0 Å². The molecular formula is C16H11FN4O. The number of para-hydroxylation sites is 3. The van der Waals surface area contributed by atoms with Gasteiger partial charge in [0.25, 0.3) is 0 Å². The molecule has 0 saturated heterocycles. The molecule has 2 aromatic carbocycles. The van der Waals surface area contributed by atoms with Gasteiger partial charge in [0, 0.05) is 5.39 Å². The minimum atomic E-state index is -0.808. The molecule has 4 rings (SSSR count). The SMILES string of the molecule is O=C1CN(c2nc([18F])nc3ccccc23)c2ccccc2N1. The van der Waals surface area contributed by atoms with Crippen molar-refractivity contribution in [3.8, 4) is 0 Å². The summed E-state index contributed by atoms with van der Waals surface area (Å²) in [5.74, 6) is 0.229. The monoisotopic (exact) mass is 293 g/mol. The molecule has 1 N–H and O–H groups in total. The predicted octanol–water partition coefficient (Wildman–Crippen LogP) is 2.86. The number of fused-ring (bicyclic) bond motifs is 2. The average molecular weight is 293 g/mol. The molecule has 0 unspecified atom stereocenters. The maximum absolute atomic E-state index is 13.8. The Hall–Kier alpha value is -3.02. The maximum atomic E-state index is 13.8. The van der Waals surface area contributed by atoms with Gasteiger partial charge in [-0.1, -0.05) is 24.3 Å². The topological polar surface area (TPSA) is 58.1 Å². The fourth-order valence-corrected chi connectivity index (χ4v) is 2.66. The van der Waals surface area contributed by atoms with Gasteiger partial charge in [-0.3, -0.25) is 4.79 Å². The number of benzene rings is 2. The third-order valence-corrected chi connectivity index (χ3v) is 3.58. The molecule has 3 aromatic rings. The van der Waals surface area contributed by atoms with Gasteiger partial charge in [0.05, 0.1) is 16.9 Å². The van der Waals surface area contributed by atoms with Crippen LogP contribution in [0, 0.1) is 6.08 Å².